The molecule has 1 aromatic carbocycles. The number of amides is 1. The molecule has 1 aromatic heterocycles. The fourth-order valence-corrected chi connectivity index (χ4v) is 6.73. The minimum Gasteiger partial charge on any atom is -0.495 e. The van der Waals surface area contributed by atoms with Crippen molar-refractivity contribution in [2.75, 3.05) is 38.6 Å². The van der Waals surface area contributed by atoms with Crippen molar-refractivity contribution in [3.8, 4) is 5.75 Å². The number of anilines is 1. The number of ether oxygens (including phenoxy) is 2. The number of nitrogens with one attached hydrogen (secondary N) is 1. The molecule has 0 bridgehead atoms. The first-order chi connectivity index (χ1) is 15.8. The number of hydrogen-bond donors (Lipinski definition) is 1. The molecule has 2 fully saturated rings. The normalized spacial score (nSPS) is 22.4. The molecule has 2 atom stereocenters. The zero-order valence-corrected chi connectivity index (χ0v) is 20.7. The van der Waals surface area contributed by atoms with Gasteiger partial charge >= 0.3 is 0 Å². The maximum Gasteiger partial charge on any atom is 0.257 e. The molecule has 180 valence electrons. The first kappa shape index (κ1) is 24.1. The van der Waals surface area contributed by atoms with Gasteiger partial charge in [0.1, 0.15) is 10.6 Å². The standard InChI is InChI=1S/C22H30N4O5S2/c1-15-11-25(12-16(2)31-15)13-18-14-32-22(23-18)24-21(27)17-6-7-19(30-3)20(10-17)33(28,29)26-8-4-5-9-26/h6-7,10,14-16H,4-5,8-9,11-13H2,1-3H3,(H,23,24,27)/t15-,16-/m0/s1. The van der Waals surface area contributed by atoms with Crippen molar-refractivity contribution in [2.45, 2.75) is 50.3 Å². The summed E-state index contributed by atoms with van der Waals surface area (Å²) in [6.45, 7) is 7.43. The van der Waals surface area contributed by atoms with Gasteiger partial charge < -0.3 is 9.47 Å². The third-order valence-corrected chi connectivity index (χ3v) is 8.49. The van der Waals surface area contributed by atoms with E-state index in [0.29, 0.717) is 24.8 Å². The van der Waals surface area contributed by atoms with E-state index in [9.17, 15) is 13.2 Å². The summed E-state index contributed by atoms with van der Waals surface area (Å²) < 4.78 is 38.6. The Bertz CT molecular complexity index is 1090. The van der Waals surface area contributed by atoms with E-state index in [1.165, 1.54) is 34.9 Å². The van der Waals surface area contributed by atoms with Crippen LogP contribution in [0.3, 0.4) is 0 Å². The van der Waals surface area contributed by atoms with Crippen LogP contribution >= 0.6 is 11.3 Å². The summed E-state index contributed by atoms with van der Waals surface area (Å²) in [5.41, 5.74) is 1.12. The van der Waals surface area contributed by atoms with Gasteiger partial charge in [-0.05, 0) is 44.9 Å². The Hall–Kier alpha value is -2.05. The van der Waals surface area contributed by atoms with E-state index in [2.05, 4.69) is 29.0 Å². The smallest absolute Gasteiger partial charge is 0.257 e. The van der Waals surface area contributed by atoms with Crippen LogP contribution in [0.4, 0.5) is 5.13 Å². The minimum absolute atomic E-state index is 0.00920. The van der Waals surface area contributed by atoms with E-state index in [4.69, 9.17) is 9.47 Å². The van der Waals surface area contributed by atoms with Gasteiger partial charge in [-0.15, -0.1) is 11.3 Å². The number of morpholine rings is 1. The molecule has 0 spiro atoms. The molecule has 2 aliphatic heterocycles. The van der Waals surface area contributed by atoms with Crippen LogP contribution in [0.1, 0.15) is 42.7 Å². The molecule has 11 heteroatoms. The highest BCUT2D eigenvalue weighted by Crippen LogP contribution is 2.30. The molecule has 2 aromatic rings. The summed E-state index contributed by atoms with van der Waals surface area (Å²) in [4.78, 5) is 19.7. The minimum atomic E-state index is -3.73. The fourth-order valence-electron chi connectivity index (χ4n) is 4.34. The lowest BCUT2D eigenvalue weighted by Gasteiger charge is -2.34. The van der Waals surface area contributed by atoms with Crippen molar-refractivity contribution in [2.24, 2.45) is 0 Å². The fraction of sp³-hybridized carbons (Fsp3) is 0.545. The van der Waals surface area contributed by atoms with Gasteiger partial charge in [-0.2, -0.15) is 4.31 Å². The number of sulfonamides is 1. The van der Waals surface area contributed by atoms with Crippen molar-refractivity contribution >= 4 is 32.4 Å². The Morgan fingerprint density at radius 3 is 2.61 bits per heavy atom. The summed E-state index contributed by atoms with van der Waals surface area (Å²) in [7, 11) is -2.31. The first-order valence-electron chi connectivity index (χ1n) is 11.1. The molecular formula is C22H30N4O5S2. The number of methoxy groups -OCH3 is 1. The van der Waals surface area contributed by atoms with E-state index in [1.807, 2.05) is 5.38 Å². The number of hydrogen-bond acceptors (Lipinski definition) is 8. The topological polar surface area (TPSA) is 101 Å². The zero-order chi connectivity index (χ0) is 23.6. The van der Waals surface area contributed by atoms with Crippen LogP contribution in [0, 0.1) is 0 Å². The second-order valence-electron chi connectivity index (χ2n) is 8.53. The van der Waals surface area contributed by atoms with E-state index in [0.717, 1.165) is 31.6 Å². The van der Waals surface area contributed by atoms with Crippen LogP contribution in [-0.4, -0.2) is 74.0 Å². The first-order valence-corrected chi connectivity index (χ1v) is 13.4. The lowest BCUT2D eigenvalue weighted by molar-refractivity contribution is -0.0707. The molecule has 33 heavy (non-hydrogen) atoms. The number of carbonyl (C=O) groups is 1. The SMILES string of the molecule is COc1ccc(C(=O)Nc2nc(CN3C[C@H](C)O[C@@H](C)C3)cs2)cc1S(=O)(=O)N1CCCC1. The van der Waals surface area contributed by atoms with Crippen molar-refractivity contribution < 1.29 is 22.7 Å². The maximum atomic E-state index is 13.1. The lowest BCUT2D eigenvalue weighted by Crippen LogP contribution is -2.44. The maximum absolute atomic E-state index is 13.1. The number of thiazole rings is 1. The molecule has 0 unspecified atom stereocenters. The van der Waals surface area contributed by atoms with Gasteiger partial charge in [-0.1, -0.05) is 0 Å². The van der Waals surface area contributed by atoms with Crippen molar-refractivity contribution in [3.05, 3.63) is 34.8 Å². The highest BCUT2D eigenvalue weighted by molar-refractivity contribution is 7.89. The molecule has 2 aliphatic rings. The van der Waals surface area contributed by atoms with Crippen molar-refractivity contribution in [3.63, 3.8) is 0 Å². The summed E-state index contributed by atoms with van der Waals surface area (Å²) in [5.74, 6) is -0.186. The lowest BCUT2D eigenvalue weighted by atomic mass is 10.2. The van der Waals surface area contributed by atoms with Gasteiger partial charge in [0.2, 0.25) is 10.0 Å². The molecule has 1 amide bonds. The van der Waals surface area contributed by atoms with Gasteiger partial charge in [-0.25, -0.2) is 13.4 Å². The van der Waals surface area contributed by atoms with Crippen LogP contribution in [0.2, 0.25) is 0 Å². The summed E-state index contributed by atoms with van der Waals surface area (Å²) in [5, 5.41) is 5.20. The molecule has 3 heterocycles. The van der Waals surface area contributed by atoms with Crippen LogP contribution in [-0.2, 0) is 21.3 Å². The predicted octanol–water partition coefficient (Wildman–Crippen LogP) is 2.80. The molecule has 9 nitrogen and oxygen atoms in total. The molecule has 0 aliphatic carbocycles. The molecule has 2 saturated heterocycles. The average Bonchev–Trinajstić information content (AvgIpc) is 3.45. The van der Waals surface area contributed by atoms with Crippen LogP contribution < -0.4 is 10.1 Å². The highest BCUT2D eigenvalue weighted by atomic mass is 32.2. The highest BCUT2D eigenvalue weighted by Gasteiger charge is 2.31. The van der Waals surface area contributed by atoms with E-state index >= 15 is 0 Å². The summed E-state index contributed by atoms with van der Waals surface area (Å²) in [6.07, 6.45) is 2.01. The number of carbonyl (C=O) groups excluding carboxylic acids is 1. The van der Waals surface area contributed by atoms with E-state index < -0.39 is 15.9 Å². The molecule has 1 N–H and O–H groups in total. The van der Waals surface area contributed by atoms with Crippen LogP contribution in [0.15, 0.2) is 28.5 Å². The second kappa shape index (κ2) is 10.1. The Labute approximate surface area is 198 Å². The summed E-state index contributed by atoms with van der Waals surface area (Å²) >= 11 is 1.35. The van der Waals surface area contributed by atoms with E-state index in [1.54, 1.807) is 6.07 Å². The average molecular weight is 495 g/mol. The van der Waals surface area contributed by atoms with Crippen LogP contribution in [0.25, 0.3) is 0 Å². The molecule has 0 saturated carbocycles. The third kappa shape index (κ3) is 5.55. The van der Waals surface area contributed by atoms with Crippen molar-refractivity contribution in [1.29, 1.82) is 0 Å². The number of benzene rings is 1. The Morgan fingerprint density at radius 1 is 1.24 bits per heavy atom. The molecule has 0 radical (unpaired) electrons. The second-order valence-corrected chi connectivity index (χ2v) is 11.3. The third-order valence-electron chi connectivity index (χ3n) is 5.76. The van der Waals surface area contributed by atoms with Crippen LogP contribution in [0.5, 0.6) is 5.75 Å². The quantitative estimate of drug-likeness (QED) is 0.632. The monoisotopic (exact) mass is 494 g/mol. The Morgan fingerprint density at radius 2 is 1.94 bits per heavy atom. The van der Waals surface area contributed by atoms with Gasteiger partial charge in [-0.3, -0.25) is 15.0 Å². The predicted molar refractivity (Wildman–Crippen MR) is 126 cm³/mol. The largest absolute Gasteiger partial charge is 0.495 e. The molecule has 4 rings (SSSR count). The van der Waals surface area contributed by atoms with Gasteiger partial charge in [0.05, 0.1) is 25.0 Å². The van der Waals surface area contributed by atoms with Gasteiger partial charge in [0.15, 0.2) is 5.13 Å². The van der Waals surface area contributed by atoms with Gasteiger partial charge in [0.25, 0.3) is 5.91 Å². The summed E-state index contributed by atoms with van der Waals surface area (Å²) in [6, 6.07) is 4.46. The number of aromatic nitrogens is 1. The van der Waals surface area contributed by atoms with Gasteiger partial charge in [0, 0.05) is 43.7 Å². The number of rotatable bonds is 7. The van der Waals surface area contributed by atoms with E-state index in [-0.39, 0.29) is 28.4 Å². The van der Waals surface area contributed by atoms with Crippen molar-refractivity contribution in [1.82, 2.24) is 14.2 Å². The molecular weight excluding hydrogens is 464 g/mol. The zero-order valence-electron chi connectivity index (χ0n) is 19.1. The Kier molecular flexibility index (Phi) is 7.34. The Balaban J connectivity index is 1.47. The number of nitrogens with zero attached hydrogens (tertiary/aromatic N) is 3.